The normalized spacial score (nSPS) is 29.9. The minimum absolute atomic E-state index is 0.0307. The fourth-order valence-corrected chi connectivity index (χ4v) is 6.69. The lowest BCUT2D eigenvalue weighted by atomic mass is 9.83. The van der Waals surface area contributed by atoms with Gasteiger partial charge in [-0.15, -0.1) is 0 Å². The smallest absolute Gasteiger partial charge is 0.335 e. The fraction of sp³-hybridized carbons (Fsp3) is 0.613. The summed E-state index contributed by atoms with van der Waals surface area (Å²) in [5.74, 6) is 0.143. The van der Waals surface area contributed by atoms with Gasteiger partial charge < -0.3 is 29.7 Å². The number of morpholine rings is 1. The number of fused-ring (bicyclic) bond motifs is 2. The molecule has 5 atom stereocenters. The zero-order chi connectivity index (χ0) is 30.2. The van der Waals surface area contributed by atoms with Gasteiger partial charge in [0.1, 0.15) is 17.6 Å². The first-order valence-corrected chi connectivity index (χ1v) is 15.2. The largest absolute Gasteiger partial charge is 0.458 e. The molecule has 1 aromatic heterocycles. The molecule has 2 aromatic rings. The van der Waals surface area contributed by atoms with Crippen molar-refractivity contribution in [3.63, 3.8) is 0 Å². The van der Waals surface area contributed by atoms with Gasteiger partial charge in [0.25, 0.3) is 0 Å². The van der Waals surface area contributed by atoms with Gasteiger partial charge in [0.2, 0.25) is 5.91 Å². The van der Waals surface area contributed by atoms with Crippen LogP contribution >= 0.6 is 0 Å². The Labute approximate surface area is 252 Å². The second-order valence-corrected chi connectivity index (χ2v) is 12.9. The number of rotatable bonds is 6. The Morgan fingerprint density at radius 3 is 2.77 bits per heavy atom. The molecule has 6 rings (SSSR count). The predicted molar refractivity (Wildman–Crippen MR) is 160 cm³/mol. The third kappa shape index (κ3) is 6.13. The number of piperidine rings is 1. The maximum atomic E-state index is 13.2. The lowest BCUT2D eigenvalue weighted by Crippen LogP contribution is -2.63. The van der Waals surface area contributed by atoms with E-state index in [-0.39, 0.29) is 36.9 Å². The van der Waals surface area contributed by atoms with E-state index >= 15 is 0 Å². The van der Waals surface area contributed by atoms with Crippen molar-refractivity contribution in [2.45, 2.75) is 75.9 Å². The third-order valence-electron chi connectivity index (χ3n) is 8.77. The molecule has 43 heavy (non-hydrogen) atoms. The number of ether oxygens (including phenoxy) is 3. The van der Waals surface area contributed by atoms with Crippen molar-refractivity contribution in [1.82, 2.24) is 20.7 Å². The summed E-state index contributed by atoms with van der Waals surface area (Å²) in [4.78, 5) is 33.0. The Morgan fingerprint density at radius 1 is 1.23 bits per heavy atom. The lowest BCUT2D eigenvalue weighted by molar-refractivity contribution is -0.180. The molecule has 0 aliphatic carbocycles. The Bertz CT molecular complexity index is 1390. The highest BCUT2D eigenvalue weighted by Crippen LogP contribution is 2.40. The Kier molecular flexibility index (Phi) is 8.17. The number of hydrazine groups is 1. The summed E-state index contributed by atoms with van der Waals surface area (Å²) >= 11 is 0. The molecule has 4 aliphatic heterocycles. The van der Waals surface area contributed by atoms with Crippen LogP contribution in [0.25, 0.3) is 10.9 Å². The molecular formula is C31H41N7O5. The van der Waals surface area contributed by atoms with Gasteiger partial charge >= 0.3 is 5.97 Å². The number of pyridine rings is 1. The number of aromatic nitrogens is 1. The van der Waals surface area contributed by atoms with E-state index in [1.165, 1.54) is 0 Å². The van der Waals surface area contributed by atoms with Crippen molar-refractivity contribution in [3.05, 3.63) is 30.3 Å². The molecule has 12 nitrogen and oxygen atoms in total. The number of anilines is 2. The van der Waals surface area contributed by atoms with Crippen LogP contribution in [0.2, 0.25) is 0 Å². The number of nitrogens with one attached hydrogen (secondary N) is 3. The molecule has 0 spiro atoms. The average molecular weight is 592 g/mol. The van der Waals surface area contributed by atoms with Gasteiger partial charge in [0.15, 0.2) is 6.10 Å². The number of carbonyl (C=O) groups excluding carboxylic acids is 2. The van der Waals surface area contributed by atoms with Crippen molar-refractivity contribution >= 4 is 34.3 Å². The number of carbonyl (C=O) groups is 2. The molecule has 0 saturated carbocycles. The molecule has 5 heterocycles. The van der Waals surface area contributed by atoms with Crippen LogP contribution in [-0.4, -0.2) is 90.8 Å². The maximum absolute atomic E-state index is 13.2. The number of amides is 1. The number of esters is 1. The highest BCUT2D eigenvalue weighted by molar-refractivity contribution is 5.85. The van der Waals surface area contributed by atoms with E-state index in [1.54, 1.807) is 0 Å². The van der Waals surface area contributed by atoms with Gasteiger partial charge in [0, 0.05) is 36.7 Å². The van der Waals surface area contributed by atoms with Crippen LogP contribution in [-0.2, 0) is 23.8 Å². The molecule has 4 aliphatic rings. The molecule has 1 amide bonds. The number of nitrogens with zero attached hydrogens (tertiary/aromatic N) is 4. The minimum Gasteiger partial charge on any atom is -0.458 e. The Morgan fingerprint density at radius 2 is 2.05 bits per heavy atom. The van der Waals surface area contributed by atoms with E-state index in [9.17, 15) is 14.9 Å². The van der Waals surface area contributed by atoms with E-state index in [0.717, 1.165) is 41.9 Å². The molecular weight excluding hydrogens is 550 g/mol. The third-order valence-corrected chi connectivity index (χ3v) is 8.77. The first-order valence-electron chi connectivity index (χ1n) is 15.2. The highest BCUT2D eigenvalue weighted by Gasteiger charge is 2.56. The fourth-order valence-electron chi connectivity index (χ4n) is 6.69. The first-order chi connectivity index (χ1) is 20.7. The van der Waals surface area contributed by atoms with Gasteiger partial charge in [-0.25, -0.2) is 20.2 Å². The van der Waals surface area contributed by atoms with Crippen LogP contribution < -0.4 is 21.0 Å². The zero-order valence-corrected chi connectivity index (χ0v) is 25.1. The maximum Gasteiger partial charge on any atom is 0.335 e. The summed E-state index contributed by atoms with van der Waals surface area (Å²) in [6, 6.07) is 12.3. The zero-order valence-electron chi connectivity index (χ0n) is 25.1. The van der Waals surface area contributed by atoms with Crippen molar-refractivity contribution in [3.8, 4) is 6.07 Å². The van der Waals surface area contributed by atoms with Gasteiger partial charge in [-0.05, 0) is 70.4 Å². The summed E-state index contributed by atoms with van der Waals surface area (Å²) < 4.78 is 17.1. The molecule has 4 saturated heterocycles. The molecule has 3 N–H and O–H groups in total. The monoisotopic (exact) mass is 591 g/mol. The van der Waals surface area contributed by atoms with Crippen LogP contribution in [0.3, 0.4) is 0 Å². The molecule has 1 aromatic carbocycles. The van der Waals surface area contributed by atoms with Gasteiger partial charge in [-0.1, -0.05) is 0 Å². The SMILES string of the molecule is CC(C)(C)OC(=O)[C@@H]1CC[C@@](CC#N)(N2NC(Nc3ccc4nc(N5CCOCC5)ccc4c3)C3C(=O)NCCC32)CO1. The second kappa shape index (κ2) is 11.9. The summed E-state index contributed by atoms with van der Waals surface area (Å²) in [6.07, 6.45) is 0.843. The van der Waals surface area contributed by atoms with E-state index in [1.807, 2.05) is 45.0 Å². The quantitative estimate of drug-likeness (QED) is 0.426. The van der Waals surface area contributed by atoms with Crippen LogP contribution in [0.5, 0.6) is 0 Å². The van der Waals surface area contributed by atoms with E-state index in [0.29, 0.717) is 32.6 Å². The van der Waals surface area contributed by atoms with Crippen LogP contribution in [0.15, 0.2) is 30.3 Å². The molecule has 12 heteroatoms. The van der Waals surface area contributed by atoms with Crippen molar-refractivity contribution in [2.75, 3.05) is 49.7 Å². The summed E-state index contributed by atoms with van der Waals surface area (Å²) in [7, 11) is 0. The topological polar surface area (TPSA) is 141 Å². The van der Waals surface area contributed by atoms with Crippen LogP contribution in [0.4, 0.5) is 11.5 Å². The summed E-state index contributed by atoms with van der Waals surface area (Å²) in [6.45, 7) is 9.29. The molecule has 4 fully saturated rings. The van der Waals surface area contributed by atoms with E-state index in [4.69, 9.17) is 19.2 Å². The number of hydrogen-bond acceptors (Lipinski definition) is 11. The molecule has 230 valence electrons. The second-order valence-electron chi connectivity index (χ2n) is 12.9. The summed E-state index contributed by atoms with van der Waals surface area (Å²) in [5.41, 5.74) is 4.04. The van der Waals surface area contributed by atoms with Crippen LogP contribution in [0, 0.1) is 17.2 Å². The minimum atomic E-state index is -0.687. The first kappa shape index (κ1) is 29.6. The molecule has 0 radical (unpaired) electrons. The predicted octanol–water partition coefficient (Wildman–Crippen LogP) is 2.31. The molecule has 3 unspecified atom stereocenters. The highest BCUT2D eigenvalue weighted by atomic mass is 16.6. The van der Waals surface area contributed by atoms with E-state index in [2.05, 4.69) is 38.1 Å². The van der Waals surface area contributed by atoms with Gasteiger partial charge in [0.05, 0.1) is 49.3 Å². The number of hydrogen-bond donors (Lipinski definition) is 3. The Hall–Kier alpha value is -3.50. The van der Waals surface area contributed by atoms with Crippen molar-refractivity contribution < 1.29 is 23.8 Å². The van der Waals surface area contributed by atoms with Crippen LogP contribution in [0.1, 0.15) is 46.5 Å². The van der Waals surface area contributed by atoms with E-state index < -0.39 is 23.4 Å². The lowest BCUT2D eigenvalue weighted by Gasteiger charge is -2.47. The van der Waals surface area contributed by atoms with Crippen molar-refractivity contribution in [1.29, 1.82) is 5.26 Å². The Balaban J connectivity index is 1.20. The summed E-state index contributed by atoms with van der Waals surface area (Å²) in [5, 5.41) is 19.5. The number of benzene rings is 1. The average Bonchev–Trinajstić information content (AvgIpc) is 3.37. The van der Waals surface area contributed by atoms with Crippen molar-refractivity contribution in [2.24, 2.45) is 5.92 Å². The standard InChI is InChI=1S/C31H41N7O5/c1-30(2,3)43-29(40)24-8-10-31(11-12-32,19-42-24)38-23-9-13-33-28(39)26(23)27(36-38)34-21-5-6-22-20(18-21)4-7-25(35-22)37-14-16-41-17-15-37/h4-7,18,23-24,26-27,34,36H,8-11,13-17,19H2,1-3H3,(H,33,39)/t23?,24-,26?,27?,31-/m0/s1. The molecule has 0 bridgehead atoms. The van der Waals surface area contributed by atoms with Gasteiger partial charge in [-0.2, -0.15) is 5.26 Å². The number of nitriles is 1. The van der Waals surface area contributed by atoms with Gasteiger partial charge in [-0.3, -0.25) is 4.79 Å².